The number of likely N-dealkylation sites (tertiary alicyclic amines) is 1. The first-order valence-corrected chi connectivity index (χ1v) is 8.34. The van der Waals surface area contributed by atoms with Crippen LogP contribution in [0.1, 0.15) is 19.3 Å². The van der Waals surface area contributed by atoms with E-state index in [0.29, 0.717) is 30.5 Å². The highest BCUT2D eigenvalue weighted by atomic mass is 35.5. The molecule has 2 atom stereocenters. The number of halogens is 1. The Morgan fingerprint density at radius 2 is 2.33 bits per heavy atom. The highest BCUT2D eigenvalue weighted by Gasteiger charge is 2.29. The van der Waals surface area contributed by atoms with E-state index in [4.69, 9.17) is 22.1 Å². The van der Waals surface area contributed by atoms with Crippen LogP contribution in [0.3, 0.4) is 0 Å². The zero-order chi connectivity index (χ0) is 17.5. The maximum absolute atomic E-state index is 12.4. The number of anilines is 1. The molecule has 2 rings (SSSR count). The van der Waals surface area contributed by atoms with Gasteiger partial charge in [0.25, 0.3) is 0 Å². The molecule has 24 heavy (non-hydrogen) atoms. The van der Waals surface area contributed by atoms with Gasteiger partial charge in [-0.1, -0.05) is 11.6 Å². The SMILES string of the molecule is COC(CN)CC(=O)N1CCCC(C(=O)Nc2ccc(Cl)cn2)C1. The number of ether oxygens (including phenoxy) is 1. The van der Waals surface area contributed by atoms with E-state index >= 15 is 0 Å². The van der Waals surface area contributed by atoms with Crippen molar-refractivity contribution < 1.29 is 14.3 Å². The van der Waals surface area contributed by atoms with Crippen LogP contribution in [-0.4, -0.2) is 54.5 Å². The highest BCUT2D eigenvalue weighted by Crippen LogP contribution is 2.20. The second kappa shape index (κ2) is 8.96. The van der Waals surface area contributed by atoms with Crippen LogP contribution in [0.2, 0.25) is 5.02 Å². The van der Waals surface area contributed by atoms with E-state index in [1.54, 1.807) is 17.0 Å². The Bertz CT molecular complexity index is 563. The summed E-state index contributed by atoms with van der Waals surface area (Å²) in [6.07, 6.45) is 2.96. The summed E-state index contributed by atoms with van der Waals surface area (Å²) in [5.74, 6) is 0.0355. The lowest BCUT2D eigenvalue weighted by Crippen LogP contribution is -2.45. The standard InChI is InChI=1S/C16H23ClN4O3/c1-24-13(8-18)7-15(22)21-6-2-3-11(10-21)16(23)20-14-5-4-12(17)9-19-14/h4-5,9,11,13H,2-3,6-8,10,18H2,1H3,(H,19,20,23). The summed E-state index contributed by atoms with van der Waals surface area (Å²) in [5.41, 5.74) is 5.56. The van der Waals surface area contributed by atoms with Crippen LogP contribution in [0.25, 0.3) is 0 Å². The Morgan fingerprint density at radius 3 is 2.96 bits per heavy atom. The van der Waals surface area contributed by atoms with E-state index in [-0.39, 0.29) is 30.3 Å². The Labute approximate surface area is 146 Å². The van der Waals surface area contributed by atoms with Crippen LogP contribution in [0.15, 0.2) is 18.3 Å². The lowest BCUT2D eigenvalue weighted by atomic mass is 9.96. The summed E-state index contributed by atoms with van der Waals surface area (Å²) >= 11 is 5.78. The maximum Gasteiger partial charge on any atom is 0.230 e. The van der Waals surface area contributed by atoms with Gasteiger partial charge in [0, 0.05) is 32.9 Å². The van der Waals surface area contributed by atoms with E-state index in [1.807, 2.05) is 0 Å². The highest BCUT2D eigenvalue weighted by molar-refractivity contribution is 6.30. The Kier molecular flexibility index (Phi) is 6.96. The van der Waals surface area contributed by atoms with Crippen molar-refractivity contribution in [3.8, 4) is 0 Å². The summed E-state index contributed by atoms with van der Waals surface area (Å²) in [4.78, 5) is 30.5. The molecule has 2 amide bonds. The molecule has 1 saturated heterocycles. The van der Waals surface area contributed by atoms with Crippen molar-refractivity contribution >= 4 is 29.2 Å². The Hall–Kier alpha value is -1.70. The number of hydrogen-bond acceptors (Lipinski definition) is 5. The second-order valence-electron chi connectivity index (χ2n) is 5.83. The molecule has 7 nitrogen and oxygen atoms in total. The molecule has 132 valence electrons. The summed E-state index contributed by atoms with van der Waals surface area (Å²) < 4.78 is 5.15. The summed E-state index contributed by atoms with van der Waals surface area (Å²) in [5, 5.41) is 3.28. The lowest BCUT2D eigenvalue weighted by Gasteiger charge is -2.32. The summed E-state index contributed by atoms with van der Waals surface area (Å²) in [7, 11) is 1.54. The summed E-state index contributed by atoms with van der Waals surface area (Å²) in [6.45, 7) is 1.35. The third kappa shape index (κ3) is 5.15. The molecular formula is C16H23ClN4O3. The number of aromatic nitrogens is 1. The van der Waals surface area contributed by atoms with Crippen LogP contribution < -0.4 is 11.1 Å². The van der Waals surface area contributed by atoms with Crippen molar-refractivity contribution in [1.82, 2.24) is 9.88 Å². The topological polar surface area (TPSA) is 97.5 Å². The molecule has 0 radical (unpaired) electrons. The number of piperidine rings is 1. The predicted molar refractivity (Wildman–Crippen MR) is 91.6 cm³/mol. The van der Waals surface area contributed by atoms with E-state index in [1.165, 1.54) is 13.3 Å². The molecule has 1 aromatic rings. The molecule has 3 N–H and O–H groups in total. The molecule has 0 bridgehead atoms. The van der Waals surface area contributed by atoms with Gasteiger partial charge in [0.2, 0.25) is 11.8 Å². The van der Waals surface area contributed by atoms with Gasteiger partial charge in [-0.2, -0.15) is 0 Å². The average Bonchev–Trinajstić information content (AvgIpc) is 2.61. The first kappa shape index (κ1) is 18.6. The van der Waals surface area contributed by atoms with Crippen molar-refractivity contribution in [2.24, 2.45) is 11.7 Å². The number of nitrogens with one attached hydrogen (secondary N) is 1. The van der Waals surface area contributed by atoms with Crippen LogP contribution in [0.5, 0.6) is 0 Å². The number of pyridine rings is 1. The van der Waals surface area contributed by atoms with Crippen molar-refractivity contribution in [3.05, 3.63) is 23.4 Å². The van der Waals surface area contributed by atoms with Gasteiger partial charge in [-0.25, -0.2) is 4.98 Å². The van der Waals surface area contributed by atoms with Gasteiger partial charge in [-0.05, 0) is 25.0 Å². The molecule has 0 aromatic carbocycles. The number of hydrogen-bond donors (Lipinski definition) is 2. The van der Waals surface area contributed by atoms with E-state index < -0.39 is 0 Å². The molecule has 0 saturated carbocycles. The molecule has 1 aliphatic heterocycles. The minimum atomic E-state index is -0.287. The molecule has 1 aliphatic rings. The fraction of sp³-hybridized carbons (Fsp3) is 0.562. The monoisotopic (exact) mass is 354 g/mol. The maximum atomic E-state index is 12.4. The van der Waals surface area contributed by atoms with Gasteiger partial charge in [0.05, 0.1) is 23.5 Å². The normalized spacial score (nSPS) is 19.0. The largest absolute Gasteiger partial charge is 0.380 e. The third-order valence-corrected chi connectivity index (χ3v) is 4.35. The minimum Gasteiger partial charge on any atom is -0.380 e. The van der Waals surface area contributed by atoms with Crippen LogP contribution >= 0.6 is 11.6 Å². The lowest BCUT2D eigenvalue weighted by molar-refractivity contribution is -0.136. The van der Waals surface area contributed by atoms with Gasteiger partial charge < -0.3 is 20.7 Å². The fourth-order valence-electron chi connectivity index (χ4n) is 2.68. The molecule has 1 fully saturated rings. The van der Waals surface area contributed by atoms with E-state index in [2.05, 4.69) is 10.3 Å². The van der Waals surface area contributed by atoms with E-state index in [9.17, 15) is 9.59 Å². The molecule has 1 aromatic heterocycles. The number of amides is 2. The first-order chi connectivity index (χ1) is 11.5. The van der Waals surface area contributed by atoms with Gasteiger partial charge in [-0.3, -0.25) is 9.59 Å². The van der Waals surface area contributed by atoms with Gasteiger partial charge >= 0.3 is 0 Å². The molecule has 0 aliphatic carbocycles. The van der Waals surface area contributed by atoms with Crippen LogP contribution in [0.4, 0.5) is 5.82 Å². The first-order valence-electron chi connectivity index (χ1n) is 7.96. The van der Waals surface area contributed by atoms with Crippen molar-refractivity contribution in [1.29, 1.82) is 0 Å². The average molecular weight is 355 g/mol. The van der Waals surface area contributed by atoms with Gasteiger partial charge in [0.15, 0.2) is 0 Å². The Morgan fingerprint density at radius 1 is 1.54 bits per heavy atom. The number of carbonyl (C=O) groups is 2. The third-order valence-electron chi connectivity index (χ3n) is 4.12. The zero-order valence-electron chi connectivity index (χ0n) is 13.7. The molecule has 8 heteroatoms. The van der Waals surface area contributed by atoms with Crippen molar-refractivity contribution in [2.45, 2.75) is 25.4 Å². The quantitative estimate of drug-likeness (QED) is 0.801. The van der Waals surface area contributed by atoms with E-state index in [0.717, 1.165) is 12.8 Å². The zero-order valence-corrected chi connectivity index (χ0v) is 14.5. The van der Waals surface area contributed by atoms with Gasteiger partial charge in [-0.15, -0.1) is 0 Å². The molecule has 2 unspecified atom stereocenters. The molecule has 2 heterocycles. The smallest absolute Gasteiger partial charge is 0.230 e. The number of nitrogens with two attached hydrogens (primary N) is 1. The number of nitrogens with zero attached hydrogens (tertiary/aromatic N) is 2. The number of rotatable bonds is 6. The fourth-order valence-corrected chi connectivity index (χ4v) is 2.79. The van der Waals surface area contributed by atoms with Crippen LogP contribution in [-0.2, 0) is 14.3 Å². The van der Waals surface area contributed by atoms with Crippen molar-refractivity contribution in [3.63, 3.8) is 0 Å². The molecule has 0 spiro atoms. The van der Waals surface area contributed by atoms with Gasteiger partial charge in [0.1, 0.15) is 5.82 Å². The summed E-state index contributed by atoms with van der Waals surface area (Å²) in [6, 6.07) is 3.31. The number of methoxy groups -OCH3 is 1. The van der Waals surface area contributed by atoms with Crippen LogP contribution in [0, 0.1) is 5.92 Å². The number of carbonyl (C=O) groups excluding carboxylic acids is 2. The van der Waals surface area contributed by atoms with Crippen molar-refractivity contribution in [2.75, 3.05) is 32.1 Å². The minimum absolute atomic E-state index is 0.0329. The molecular weight excluding hydrogens is 332 g/mol. The predicted octanol–water partition coefficient (Wildman–Crippen LogP) is 1.28. The second-order valence-corrected chi connectivity index (χ2v) is 6.26. The Balaban J connectivity index is 1.90.